The van der Waals surface area contributed by atoms with Crippen molar-refractivity contribution in [3.05, 3.63) is 98.4 Å². The first-order valence-corrected chi connectivity index (χ1v) is 9.70. The van der Waals surface area contributed by atoms with Gasteiger partial charge in [-0.15, -0.1) is 0 Å². The molecule has 0 saturated heterocycles. The first-order chi connectivity index (χ1) is 14.8. The maximum Gasteiger partial charge on any atom is 0.269 e. The lowest BCUT2D eigenvalue weighted by atomic mass is 10.1. The van der Waals surface area contributed by atoms with Gasteiger partial charge in [0.1, 0.15) is 11.6 Å². The van der Waals surface area contributed by atoms with Crippen molar-refractivity contribution in [3.63, 3.8) is 0 Å². The van der Waals surface area contributed by atoms with E-state index in [0.29, 0.717) is 6.54 Å². The molecule has 3 aromatic rings. The minimum absolute atomic E-state index is 0.0107. The molecule has 2 aromatic carbocycles. The number of nitrogens with one attached hydrogen (secondary N) is 1. The van der Waals surface area contributed by atoms with Crippen molar-refractivity contribution in [3.8, 4) is 11.8 Å². The largest absolute Gasteiger partial charge is 0.347 e. The summed E-state index contributed by atoms with van der Waals surface area (Å²) in [5.74, 6) is -0.442. The Bertz CT molecular complexity index is 1220. The Hall–Kier alpha value is -4.18. The maximum absolute atomic E-state index is 12.5. The Balaban J connectivity index is 1.89. The fourth-order valence-electron chi connectivity index (χ4n) is 3.49. The van der Waals surface area contributed by atoms with E-state index >= 15 is 0 Å². The normalized spacial score (nSPS) is 11.1. The Kier molecular flexibility index (Phi) is 6.32. The molecule has 0 aliphatic heterocycles. The van der Waals surface area contributed by atoms with Gasteiger partial charge in [0.2, 0.25) is 0 Å². The highest BCUT2D eigenvalue weighted by Crippen LogP contribution is 2.27. The topological polar surface area (TPSA) is 101 Å². The smallest absolute Gasteiger partial charge is 0.269 e. The molecule has 0 atom stereocenters. The van der Waals surface area contributed by atoms with Crippen molar-refractivity contribution in [2.45, 2.75) is 27.3 Å². The lowest BCUT2D eigenvalue weighted by Crippen LogP contribution is -2.23. The number of hydrogen-bond acceptors (Lipinski definition) is 4. The summed E-state index contributed by atoms with van der Waals surface area (Å²) in [4.78, 5) is 23.1. The molecule has 7 nitrogen and oxygen atoms in total. The summed E-state index contributed by atoms with van der Waals surface area (Å²) < 4.78 is 1.96. The van der Waals surface area contributed by atoms with Crippen LogP contribution >= 0.6 is 0 Å². The molecule has 1 aromatic heterocycles. The number of nitriles is 1. The van der Waals surface area contributed by atoms with Gasteiger partial charge in [-0.1, -0.05) is 30.3 Å². The van der Waals surface area contributed by atoms with E-state index in [-0.39, 0.29) is 11.3 Å². The van der Waals surface area contributed by atoms with E-state index < -0.39 is 10.8 Å². The van der Waals surface area contributed by atoms with Gasteiger partial charge in [-0.05, 0) is 55.7 Å². The number of nitrogens with zero attached hydrogens (tertiary/aromatic N) is 3. The number of nitro benzene ring substituents is 1. The van der Waals surface area contributed by atoms with Crippen molar-refractivity contribution in [1.82, 2.24) is 9.88 Å². The van der Waals surface area contributed by atoms with E-state index in [0.717, 1.165) is 33.8 Å². The van der Waals surface area contributed by atoms with Crippen LogP contribution in [0, 0.1) is 42.2 Å². The van der Waals surface area contributed by atoms with Crippen molar-refractivity contribution in [2.75, 3.05) is 0 Å². The second-order valence-corrected chi connectivity index (χ2v) is 7.23. The molecule has 0 fully saturated rings. The summed E-state index contributed by atoms with van der Waals surface area (Å²) in [6, 6.07) is 18.0. The number of hydrogen-bond donors (Lipinski definition) is 1. The number of nitro groups is 1. The van der Waals surface area contributed by atoms with Crippen molar-refractivity contribution in [1.29, 1.82) is 5.26 Å². The molecule has 1 N–H and O–H groups in total. The number of carbonyl (C=O) groups is 1. The van der Waals surface area contributed by atoms with E-state index in [4.69, 9.17) is 0 Å². The standard InChI is InChI=1S/C24H22N4O3/c1-16-11-22(28(30)31)9-10-23(16)27-17(2)12-20(18(27)3)13-21(14-25)24(29)26-15-19-7-5-4-6-8-19/h4-13H,15H2,1-3H3,(H,26,29)/b21-13-. The highest BCUT2D eigenvalue weighted by atomic mass is 16.6. The van der Waals surface area contributed by atoms with Gasteiger partial charge in [-0.3, -0.25) is 14.9 Å². The molecule has 31 heavy (non-hydrogen) atoms. The van der Waals surface area contributed by atoms with Crippen LogP contribution in [-0.2, 0) is 11.3 Å². The molecule has 1 heterocycles. The molecule has 0 unspecified atom stereocenters. The first-order valence-electron chi connectivity index (χ1n) is 9.70. The minimum Gasteiger partial charge on any atom is -0.347 e. The predicted octanol–water partition coefficient (Wildman–Crippen LogP) is 4.53. The summed E-state index contributed by atoms with van der Waals surface area (Å²) in [7, 11) is 0. The van der Waals surface area contributed by atoms with Crippen LogP contribution < -0.4 is 5.32 Å². The average molecular weight is 414 g/mol. The Morgan fingerprint density at radius 3 is 2.48 bits per heavy atom. The van der Waals surface area contributed by atoms with Gasteiger partial charge in [-0.2, -0.15) is 5.26 Å². The molecular weight excluding hydrogens is 392 g/mol. The van der Waals surface area contributed by atoms with Crippen LogP contribution in [-0.4, -0.2) is 15.4 Å². The molecule has 0 saturated carbocycles. The fraction of sp³-hybridized carbons (Fsp3) is 0.167. The molecule has 0 bridgehead atoms. The average Bonchev–Trinajstić information content (AvgIpc) is 3.03. The highest BCUT2D eigenvalue weighted by Gasteiger charge is 2.16. The van der Waals surface area contributed by atoms with E-state index in [1.807, 2.05) is 67.8 Å². The van der Waals surface area contributed by atoms with Gasteiger partial charge >= 0.3 is 0 Å². The van der Waals surface area contributed by atoms with Gasteiger partial charge in [-0.25, -0.2) is 0 Å². The van der Waals surface area contributed by atoms with Crippen molar-refractivity contribution < 1.29 is 9.72 Å². The summed E-state index contributed by atoms with van der Waals surface area (Å²) in [5, 5.41) is 23.3. The molecule has 7 heteroatoms. The number of aromatic nitrogens is 1. The van der Waals surface area contributed by atoms with E-state index in [1.54, 1.807) is 12.1 Å². The zero-order chi connectivity index (χ0) is 22.5. The highest BCUT2D eigenvalue weighted by molar-refractivity contribution is 6.01. The lowest BCUT2D eigenvalue weighted by Gasteiger charge is -2.12. The van der Waals surface area contributed by atoms with Crippen LogP contribution in [0.25, 0.3) is 11.8 Å². The van der Waals surface area contributed by atoms with Gasteiger partial charge in [0.25, 0.3) is 11.6 Å². The Morgan fingerprint density at radius 1 is 1.16 bits per heavy atom. The summed E-state index contributed by atoms with van der Waals surface area (Å²) in [6.45, 7) is 5.94. The van der Waals surface area contributed by atoms with Gasteiger partial charge in [0, 0.05) is 35.8 Å². The summed E-state index contributed by atoms with van der Waals surface area (Å²) in [5.41, 5.74) is 5.02. The quantitative estimate of drug-likeness (QED) is 0.277. The number of amides is 1. The molecular formula is C24H22N4O3. The number of non-ortho nitro benzene ring substituents is 1. The zero-order valence-electron chi connectivity index (χ0n) is 17.5. The second-order valence-electron chi connectivity index (χ2n) is 7.23. The maximum atomic E-state index is 12.5. The van der Waals surface area contributed by atoms with Crippen molar-refractivity contribution >= 4 is 17.7 Å². The SMILES string of the molecule is Cc1cc([N+](=O)[O-])ccc1-n1c(C)cc(/C=C(/C#N)C(=O)NCc2ccccc2)c1C. The fourth-order valence-corrected chi connectivity index (χ4v) is 3.49. The molecule has 0 radical (unpaired) electrons. The van der Waals surface area contributed by atoms with Crippen molar-refractivity contribution in [2.24, 2.45) is 0 Å². The van der Waals surface area contributed by atoms with Crippen LogP contribution in [0.1, 0.15) is 28.1 Å². The summed E-state index contributed by atoms with van der Waals surface area (Å²) >= 11 is 0. The Labute approximate surface area is 180 Å². The van der Waals surface area contributed by atoms with Crippen LogP contribution in [0.15, 0.2) is 60.2 Å². The van der Waals surface area contributed by atoms with E-state index in [1.165, 1.54) is 12.1 Å². The minimum atomic E-state index is -0.442. The third-order valence-corrected chi connectivity index (χ3v) is 5.06. The summed E-state index contributed by atoms with van der Waals surface area (Å²) in [6.07, 6.45) is 1.57. The Morgan fingerprint density at radius 2 is 1.87 bits per heavy atom. The number of aryl methyl sites for hydroxylation is 2. The van der Waals surface area contributed by atoms with Crippen LogP contribution in [0.2, 0.25) is 0 Å². The monoisotopic (exact) mass is 414 g/mol. The lowest BCUT2D eigenvalue weighted by molar-refractivity contribution is -0.384. The molecule has 3 rings (SSSR count). The number of carbonyl (C=O) groups excluding carboxylic acids is 1. The zero-order valence-corrected chi connectivity index (χ0v) is 17.5. The van der Waals surface area contributed by atoms with Gasteiger partial charge in [0.05, 0.1) is 4.92 Å². The first kappa shape index (κ1) is 21.5. The van der Waals surface area contributed by atoms with Crippen LogP contribution in [0.3, 0.4) is 0 Å². The van der Waals surface area contributed by atoms with Gasteiger partial charge < -0.3 is 9.88 Å². The second kappa shape index (κ2) is 9.09. The van der Waals surface area contributed by atoms with Crippen LogP contribution in [0.4, 0.5) is 5.69 Å². The molecule has 0 spiro atoms. The van der Waals surface area contributed by atoms with E-state index in [9.17, 15) is 20.2 Å². The number of benzene rings is 2. The molecule has 0 aliphatic rings. The predicted molar refractivity (Wildman–Crippen MR) is 119 cm³/mol. The molecule has 0 aliphatic carbocycles. The van der Waals surface area contributed by atoms with Gasteiger partial charge in [0.15, 0.2) is 0 Å². The molecule has 1 amide bonds. The third-order valence-electron chi connectivity index (χ3n) is 5.06. The number of rotatable bonds is 6. The molecule has 156 valence electrons. The van der Waals surface area contributed by atoms with E-state index in [2.05, 4.69) is 5.32 Å². The third kappa shape index (κ3) is 4.70. The van der Waals surface area contributed by atoms with Crippen LogP contribution in [0.5, 0.6) is 0 Å².